The Morgan fingerprint density at radius 2 is 1.90 bits per heavy atom. The first-order valence-electron chi connectivity index (χ1n) is 6.73. The third-order valence-electron chi connectivity index (χ3n) is 2.82. The van der Waals surface area contributed by atoms with Crippen molar-refractivity contribution in [3.8, 4) is 11.8 Å². The molecule has 3 atom stereocenters. The number of rotatable bonds is 8. The molecule has 0 radical (unpaired) electrons. The number of hydrogen-bond donors (Lipinski definition) is 3. The van der Waals surface area contributed by atoms with Gasteiger partial charge in [-0.05, 0) is 44.5 Å². The number of ether oxygens (including phenoxy) is 1. The lowest BCUT2D eigenvalue weighted by molar-refractivity contribution is 0.100. The lowest BCUT2D eigenvalue weighted by Gasteiger charge is -2.18. The molecule has 20 heavy (non-hydrogen) atoms. The monoisotopic (exact) mass is 278 g/mol. The standard InChI is InChI=1S/C15H22N2O3/c1-11(7-12(2)18)17-9-14(19)10-20-15-5-3-13(8-16)4-6-15/h3-6,11-12,14,17-19H,7,9-10H2,1-2H3. The maximum absolute atomic E-state index is 9.79. The number of nitriles is 1. The maximum atomic E-state index is 9.79. The van der Waals surface area contributed by atoms with Gasteiger partial charge in [-0.25, -0.2) is 0 Å². The van der Waals surface area contributed by atoms with Gasteiger partial charge in [-0.3, -0.25) is 0 Å². The minimum absolute atomic E-state index is 0.138. The van der Waals surface area contributed by atoms with E-state index >= 15 is 0 Å². The van der Waals surface area contributed by atoms with Crippen LogP contribution in [-0.4, -0.2) is 41.6 Å². The van der Waals surface area contributed by atoms with Gasteiger partial charge in [-0.1, -0.05) is 0 Å². The highest BCUT2D eigenvalue weighted by Crippen LogP contribution is 2.11. The Hall–Kier alpha value is -1.61. The second-order valence-electron chi connectivity index (χ2n) is 5.00. The summed E-state index contributed by atoms with van der Waals surface area (Å²) in [6.45, 7) is 4.29. The van der Waals surface area contributed by atoms with Crippen molar-refractivity contribution in [2.45, 2.75) is 38.5 Å². The normalized spacial score (nSPS) is 15.2. The lowest BCUT2D eigenvalue weighted by atomic mass is 10.1. The van der Waals surface area contributed by atoms with Gasteiger partial charge < -0.3 is 20.3 Å². The van der Waals surface area contributed by atoms with Crippen LogP contribution in [0.1, 0.15) is 25.8 Å². The summed E-state index contributed by atoms with van der Waals surface area (Å²) in [6.07, 6.45) is -0.338. The zero-order valence-corrected chi connectivity index (χ0v) is 11.9. The molecule has 0 saturated heterocycles. The van der Waals surface area contributed by atoms with Gasteiger partial charge in [-0.2, -0.15) is 5.26 Å². The highest BCUT2D eigenvalue weighted by Gasteiger charge is 2.09. The predicted octanol–water partition coefficient (Wildman–Crippen LogP) is 1.05. The van der Waals surface area contributed by atoms with E-state index in [2.05, 4.69) is 5.32 Å². The van der Waals surface area contributed by atoms with Crippen LogP contribution in [0.4, 0.5) is 0 Å². The largest absolute Gasteiger partial charge is 0.491 e. The molecule has 5 nitrogen and oxygen atoms in total. The van der Waals surface area contributed by atoms with E-state index in [1.54, 1.807) is 31.2 Å². The number of hydrogen-bond acceptors (Lipinski definition) is 5. The lowest BCUT2D eigenvalue weighted by Crippen LogP contribution is -2.37. The van der Waals surface area contributed by atoms with E-state index in [4.69, 9.17) is 10.00 Å². The second-order valence-corrected chi connectivity index (χ2v) is 5.00. The zero-order valence-electron chi connectivity index (χ0n) is 11.9. The maximum Gasteiger partial charge on any atom is 0.119 e. The van der Waals surface area contributed by atoms with E-state index in [9.17, 15) is 10.2 Å². The van der Waals surface area contributed by atoms with Gasteiger partial charge in [0.15, 0.2) is 0 Å². The summed E-state index contributed by atoms with van der Waals surface area (Å²) in [4.78, 5) is 0. The molecule has 3 unspecified atom stereocenters. The van der Waals surface area contributed by atoms with Crippen LogP contribution in [-0.2, 0) is 0 Å². The minimum atomic E-state index is -0.623. The molecular formula is C15H22N2O3. The van der Waals surface area contributed by atoms with Crippen LogP contribution in [0.2, 0.25) is 0 Å². The molecule has 0 spiro atoms. The number of benzene rings is 1. The Bertz CT molecular complexity index is 426. The van der Waals surface area contributed by atoms with Crippen molar-refractivity contribution in [3.05, 3.63) is 29.8 Å². The summed E-state index contributed by atoms with van der Waals surface area (Å²) in [7, 11) is 0. The summed E-state index contributed by atoms with van der Waals surface area (Å²) >= 11 is 0. The Balaban J connectivity index is 2.25. The fourth-order valence-corrected chi connectivity index (χ4v) is 1.81. The van der Waals surface area contributed by atoms with E-state index in [1.807, 2.05) is 13.0 Å². The molecule has 0 amide bonds. The van der Waals surface area contributed by atoms with Crippen LogP contribution in [0.5, 0.6) is 5.75 Å². The van der Waals surface area contributed by atoms with E-state index in [1.165, 1.54) is 0 Å². The van der Waals surface area contributed by atoms with Gasteiger partial charge >= 0.3 is 0 Å². The molecule has 0 heterocycles. The van der Waals surface area contributed by atoms with Crippen molar-refractivity contribution in [3.63, 3.8) is 0 Å². The van der Waals surface area contributed by atoms with Gasteiger partial charge in [0.25, 0.3) is 0 Å². The number of aliphatic hydroxyl groups is 2. The topological polar surface area (TPSA) is 85.5 Å². The molecule has 0 fully saturated rings. The molecule has 1 aromatic carbocycles. The summed E-state index contributed by atoms with van der Waals surface area (Å²) in [5, 5.41) is 30.8. The van der Waals surface area contributed by atoms with E-state index in [0.29, 0.717) is 24.3 Å². The molecule has 0 aliphatic carbocycles. The van der Waals surface area contributed by atoms with Crippen LogP contribution < -0.4 is 10.1 Å². The van der Waals surface area contributed by atoms with Crippen molar-refractivity contribution in [1.82, 2.24) is 5.32 Å². The van der Waals surface area contributed by atoms with Gasteiger partial charge in [0.1, 0.15) is 18.5 Å². The number of nitrogens with one attached hydrogen (secondary N) is 1. The molecule has 0 bridgehead atoms. The van der Waals surface area contributed by atoms with Gasteiger partial charge in [0, 0.05) is 12.6 Å². The van der Waals surface area contributed by atoms with E-state index < -0.39 is 6.10 Å². The molecule has 0 aliphatic heterocycles. The average Bonchev–Trinajstić information content (AvgIpc) is 2.42. The summed E-state index contributed by atoms with van der Waals surface area (Å²) in [5.41, 5.74) is 0.575. The fourth-order valence-electron chi connectivity index (χ4n) is 1.81. The van der Waals surface area contributed by atoms with Gasteiger partial charge in [0.05, 0.1) is 17.7 Å². The summed E-state index contributed by atoms with van der Waals surface area (Å²) in [6, 6.07) is 8.92. The van der Waals surface area contributed by atoms with E-state index in [-0.39, 0.29) is 18.8 Å². The number of nitrogens with zero attached hydrogens (tertiary/aromatic N) is 1. The molecular weight excluding hydrogens is 256 g/mol. The molecule has 0 aliphatic rings. The molecule has 0 saturated carbocycles. The van der Waals surface area contributed by atoms with Gasteiger partial charge in [0.2, 0.25) is 0 Å². The Morgan fingerprint density at radius 1 is 1.25 bits per heavy atom. The van der Waals surface area contributed by atoms with Gasteiger partial charge in [-0.15, -0.1) is 0 Å². The predicted molar refractivity (Wildman–Crippen MR) is 76.4 cm³/mol. The Morgan fingerprint density at radius 3 is 2.45 bits per heavy atom. The quantitative estimate of drug-likeness (QED) is 0.661. The zero-order chi connectivity index (χ0) is 15.0. The molecule has 110 valence electrons. The third-order valence-corrected chi connectivity index (χ3v) is 2.82. The first-order chi connectivity index (χ1) is 9.51. The van der Waals surface area contributed by atoms with Crippen LogP contribution in [0, 0.1) is 11.3 Å². The SMILES string of the molecule is CC(O)CC(C)NCC(O)COc1ccc(C#N)cc1. The molecule has 3 N–H and O–H groups in total. The van der Waals surface area contributed by atoms with Crippen LogP contribution >= 0.6 is 0 Å². The first-order valence-corrected chi connectivity index (χ1v) is 6.73. The van der Waals surface area contributed by atoms with Crippen molar-refractivity contribution in [2.24, 2.45) is 0 Å². The summed E-state index contributed by atoms with van der Waals surface area (Å²) in [5.74, 6) is 0.625. The van der Waals surface area contributed by atoms with Crippen molar-refractivity contribution < 1.29 is 14.9 Å². The third kappa shape index (κ3) is 6.53. The first kappa shape index (κ1) is 16.4. The second kappa shape index (κ2) is 8.54. The molecule has 1 aromatic rings. The van der Waals surface area contributed by atoms with Crippen molar-refractivity contribution >= 4 is 0 Å². The number of aliphatic hydroxyl groups excluding tert-OH is 2. The fraction of sp³-hybridized carbons (Fsp3) is 0.533. The Kier molecular flexibility index (Phi) is 7.02. The molecule has 5 heteroatoms. The van der Waals surface area contributed by atoms with Crippen LogP contribution in [0.3, 0.4) is 0 Å². The average molecular weight is 278 g/mol. The smallest absolute Gasteiger partial charge is 0.119 e. The highest BCUT2D eigenvalue weighted by atomic mass is 16.5. The highest BCUT2D eigenvalue weighted by molar-refractivity contribution is 5.34. The van der Waals surface area contributed by atoms with Crippen LogP contribution in [0.25, 0.3) is 0 Å². The summed E-state index contributed by atoms with van der Waals surface area (Å²) < 4.78 is 5.43. The molecule has 0 aromatic heterocycles. The Labute approximate surface area is 119 Å². The van der Waals surface area contributed by atoms with E-state index in [0.717, 1.165) is 0 Å². The van der Waals surface area contributed by atoms with Crippen molar-refractivity contribution in [1.29, 1.82) is 5.26 Å². The van der Waals surface area contributed by atoms with Crippen molar-refractivity contribution in [2.75, 3.05) is 13.2 Å². The molecule has 1 rings (SSSR count). The minimum Gasteiger partial charge on any atom is -0.491 e. The van der Waals surface area contributed by atoms with Crippen LogP contribution in [0.15, 0.2) is 24.3 Å².